The topological polar surface area (TPSA) is 8.17 Å². The van der Waals surface area contributed by atoms with Gasteiger partial charge >= 0.3 is 0 Å². The van der Waals surface area contributed by atoms with E-state index in [1.165, 1.54) is 77.1 Å². The van der Waals surface area contributed by atoms with Crippen molar-refractivity contribution in [2.45, 2.75) is 68.2 Å². The van der Waals surface area contributed by atoms with Gasteiger partial charge in [0.1, 0.15) is 0 Å². The molecule has 2 nitrogen and oxygen atoms in total. The van der Waals surface area contributed by atoms with Gasteiger partial charge in [-0.3, -0.25) is 0 Å². The molecule has 0 aliphatic rings. The van der Waals surface area contributed by atoms with Gasteiger partial charge in [0.25, 0.3) is 0 Å². The molecule has 1 aromatic heterocycles. The third-order valence-electron chi connectivity index (χ3n) is 12.0. The van der Waals surface area contributed by atoms with Gasteiger partial charge in [0.05, 0.1) is 11.2 Å². The van der Waals surface area contributed by atoms with Gasteiger partial charge in [-0.1, -0.05) is 218 Å². The van der Waals surface area contributed by atoms with Crippen molar-refractivity contribution >= 4 is 46.2 Å². The maximum absolute atomic E-state index is 2.48. The minimum atomic E-state index is 0.889. The van der Waals surface area contributed by atoms with E-state index in [2.05, 4.69) is 256 Å². The summed E-state index contributed by atoms with van der Waals surface area (Å²) in [5.74, 6) is 0. The van der Waals surface area contributed by atoms with Crippen LogP contribution in [0.1, 0.15) is 72.9 Å². The van der Waals surface area contributed by atoms with E-state index in [-0.39, 0.29) is 0 Å². The molecule has 0 N–H and O–H groups in total. The van der Waals surface area contributed by atoms with Gasteiger partial charge in [0.2, 0.25) is 0 Å². The van der Waals surface area contributed by atoms with Crippen molar-refractivity contribution in [2.24, 2.45) is 0 Å². The molecule has 66 heavy (non-hydrogen) atoms. The highest BCUT2D eigenvalue weighted by atomic mass is 15.1. The first-order chi connectivity index (χ1) is 32.6. The summed E-state index contributed by atoms with van der Waals surface area (Å²) < 4.78 is 2.48. The fourth-order valence-corrected chi connectivity index (χ4v) is 9.04. The summed E-state index contributed by atoms with van der Waals surface area (Å²) >= 11 is 0. The summed E-state index contributed by atoms with van der Waals surface area (Å²) in [5.41, 5.74) is 18.0. The third-order valence-corrected chi connectivity index (χ3v) is 12.0. The number of hydrogen-bond donors (Lipinski definition) is 0. The van der Waals surface area contributed by atoms with Crippen LogP contribution in [0.3, 0.4) is 0 Å². The minimum absolute atomic E-state index is 0.889. The molecule has 8 aromatic carbocycles. The summed E-state index contributed by atoms with van der Waals surface area (Å²) in [7, 11) is 0. The van der Waals surface area contributed by atoms with Crippen LogP contribution < -0.4 is 15.5 Å². The first-order valence-electron chi connectivity index (χ1n) is 24.0. The average Bonchev–Trinajstić information content (AvgIpc) is 3.71. The molecule has 0 atom stereocenters. The summed E-state index contributed by atoms with van der Waals surface area (Å²) in [4.78, 5) is 2.44. The molecule has 1 heterocycles. The Kier molecular flexibility index (Phi) is 15.9. The van der Waals surface area contributed by atoms with Crippen LogP contribution in [-0.4, -0.2) is 4.57 Å². The Morgan fingerprint density at radius 2 is 0.864 bits per heavy atom. The largest absolute Gasteiger partial charge is 0.310 e. The molecule has 2 heteroatoms. The number of aromatic nitrogens is 1. The molecular weight excluding hydrogens is 797 g/mol. The number of allylic oxidation sites excluding steroid dienone is 1. The Morgan fingerprint density at radius 1 is 0.470 bits per heavy atom. The zero-order valence-electron chi connectivity index (χ0n) is 40.1. The average molecular weight is 861 g/mol. The summed E-state index contributed by atoms with van der Waals surface area (Å²) in [6, 6.07) is 70.4. The van der Waals surface area contributed by atoms with Crippen LogP contribution in [0.25, 0.3) is 79.3 Å². The Morgan fingerprint density at radius 3 is 1.27 bits per heavy atom. The van der Waals surface area contributed by atoms with Crippen molar-refractivity contribution in [3.63, 3.8) is 0 Å². The first-order valence-corrected chi connectivity index (χ1v) is 24.0. The van der Waals surface area contributed by atoms with Crippen molar-refractivity contribution in [3.05, 3.63) is 222 Å². The van der Waals surface area contributed by atoms with Gasteiger partial charge in [-0.25, -0.2) is 0 Å². The van der Waals surface area contributed by atoms with Crippen molar-refractivity contribution < 1.29 is 0 Å². The predicted octanol–water partition coefficient (Wildman–Crippen LogP) is 17.4. The Balaban J connectivity index is 0.00000158. The summed E-state index contributed by atoms with van der Waals surface area (Å²) in [6.07, 6.45) is 11.0. The highest BCUT2D eigenvalue weighted by Gasteiger charge is 2.23. The molecule has 0 aliphatic heterocycles. The fraction of sp³-hybridized carbons (Fsp3) is 0.156. The van der Waals surface area contributed by atoms with Crippen LogP contribution in [0.2, 0.25) is 0 Å². The monoisotopic (exact) mass is 861 g/mol. The number of nitrogens with zero attached hydrogens (tertiary/aromatic N) is 2. The van der Waals surface area contributed by atoms with E-state index in [1.807, 2.05) is 27.7 Å². The van der Waals surface area contributed by atoms with Crippen molar-refractivity contribution in [3.8, 4) is 50.2 Å². The molecule has 0 saturated carbocycles. The minimum Gasteiger partial charge on any atom is -0.310 e. The number of hydrogen-bond acceptors (Lipinski definition) is 1. The zero-order chi connectivity index (χ0) is 46.4. The molecule has 0 unspecified atom stereocenters. The third kappa shape index (κ3) is 9.65. The lowest BCUT2D eigenvalue weighted by molar-refractivity contribution is 1.06. The van der Waals surface area contributed by atoms with Crippen LogP contribution in [0.15, 0.2) is 200 Å². The smallest absolute Gasteiger partial charge is 0.0564 e. The maximum atomic E-state index is 2.48. The maximum Gasteiger partial charge on any atom is 0.0564 e. The van der Waals surface area contributed by atoms with Gasteiger partial charge in [-0.05, 0) is 119 Å². The standard InChI is InChI=1S/C60H52N2.2C2H6/c1-5-18-55-54(7-3)60-56(19-6-2)57(8-4)62(53-40-36-50(37-41-53)48-32-28-46(29-33-48)44-22-14-10-15-23-44)59(60)42-58(55)61(51-24-16-11-17-25-51)52-38-34-49(35-39-52)47-30-26-45(27-31-47)43-20-12-9-13-21-43;2*1-2/h5,8-42H,6-7H2,1-4H3;2*1-2H3/b18-5-,56-19+,57-8+;;. The number of anilines is 3. The first kappa shape index (κ1) is 46.6. The van der Waals surface area contributed by atoms with Crippen LogP contribution in [-0.2, 0) is 6.42 Å². The van der Waals surface area contributed by atoms with Crippen molar-refractivity contribution in [1.29, 1.82) is 0 Å². The van der Waals surface area contributed by atoms with Gasteiger partial charge in [-0.15, -0.1) is 0 Å². The zero-order valence-corrected chi connectivity index (χ0v) is 40.1. The van der Waals surface area contributed by atoms with Crippen LogP contribution in [0.5, 0.6) is 0 Å². The number of rotatable bonds is 11. The second kappa shape index (κ2) is 22.5. The fourth-order valence-electron chi connectivity index (χ4n) is 9.04. The molecule has 9 rings (SSSR count). The second-order valence-corrected chi connectivity index (χ2v) is 15.7. The van der Waals surface area contributed by atoms with Gasteiger partial charge in [0, 0.05) is 38.6 Å². The van der Waals surface area contributed by atoms with Gasteiger partial charge in [-0.2, -0.15) is 0 Å². The van der Waals surface area contributed by atoms with Crippen LogP contribution in [0.4, 0.5) is 17.1 Å². The van der Waals surface area contributed by atoms with Gasteiger partial charge < -0.3 is 9.47 Å². The number of aryl methyl sites for hydroxylation is 1. The van der Waals surface area contributed by atoms with E-state index in [1.54, 1.807) is 0 Å². The molecule has 330 valence electrons. The lowest BCUT2D eigenvalue weighted by Crippen LogP contribution is -2.28. The molecular formula is C64H64N2. The Bertz CT molecular complexity index is 3090. The molecule has 0 spiro atoms. The van der Waals surface area contributed by atoms with Crippen molar-refractivity contribution in [1.82, 2.24) is 4.57 Å². The van der Waals surface area contributed by atoms with E-state index in [9.17, 15) is 0 Å². The van der Waals surface area contributed by atoms with E-state index >= 15 is 0 Å². The van der Waals surface area contributed by atoms with Gasteiger partial charge in [0.15, 0.2) is 0 Å². The molecule has 0 radical (unpaired) electrons. The molecule has 0 saturated heterocycles. The molecule has 0 fully saturated rings. The molecule has 9 aromatic rings. The highest BCUT2D eigenvalue weighted by molar-refractivity contribution is 5.98. The van der Waals surface area contributed by atoms with Crippen molar-refractivity contribution in [2.75, 3.05) is 4.90 Å². The molecule has 0 amide bonds. The number of benzene rings is 8. The summed E-state index contributed by atoms with van der Waals surface area (Å²) in [6.45, 7) is 16.8. The SMILES string of the molecule is C/C=C\c1c(N(c2ccccc2)c2ccc(-c3ccc(-c4ccccc4)cc3)cc2)cc2c(c1CC)c(=C/CC)/c(=C\C)n2-c1ccc(-c2ccc(-c3ccccc3)cc2)cc1.CC.CC. The van der Waals surface area contributed by atoms with E-state index in [0.29, 0.717) is 0 Å². The molecule has 0 aliphatic carbocycles. The Labute approximate surface area is 394 Å². The van der Waals surface area contributed by atoms with Crippen LogP contribution in [0, 0.1) is 0 Å². The van der Waals surface area contributed by atoms with Crippen LogP contribution >= 0.6 is 0 Å². The van der Waals surface area contributed by atoms with E-state index in [0.717, 1.165) is 35.6 Å². The van der Waals surface area contributed by atoms with E-state index < -0.39 is 0 Å². The number of para-hydroxylation sites is 1. The number of fused-ring (bicyclic) bond motifs is 1. The highest BCUT2D eigenvalue weighted by Crippen LogP contribution is 2.42. The second-order valence-electron chi connectivity index (χ2n) is 15.7. The molecule has 0 bridgehead atoms. The lowest BCUT2D eigenvalue weighted by Gasteiger charge is -2.29. The predicted molar refractivity (Wildman–Crippen MR) is 291 cm³/mol. The lowest BCUT2D eigenvalue weighted by atomic mass is 9.95. The Hall–Kier alpha value is -7.42. The quantitative estimate of drug-likeness (QED) is 0.126. The normalized spacial score (nSPS) is 11.6. The van der Waals surface area contributed by atoms with E-state index in [4.69, 9.17) is 0 Å². The summed E-state index contributed by atoms with van der Waals surface area (Å²) in [5, 5.41) is 3.84.